The van der Waals surface area contributed by atoms with Crippen LogP contribution in [0.2, 0.25) is 5.02 Å². The smallest absolute Gasteiger partial charge is 0.328 e. The molecule has 1 aliphatic heterocycles. The normalized spacial score (nSPS) is 22.5. The van der Waals surface area contributed by atoms with Gasteiger partial charge in [0.1, 0.15) is 23.3 Å². The van der Waals surface area contributed by atoms with Crippen molar-refractivity contribution in [1.82, 2.24) is 20.9 Å². The summed E-state index contributed by atoms with van der Waals surface area (Å²) in [7, 11) is 2.65. The highest BCUT2D eigenvalue weighted by Gasteiger charge is 2.41. The number of esters is 1. The Bertz CT molecular complexity index is 1280. The molecule has 0 spiro atoms. The van der Waals surface area contributed by atoms with Crippen LogP contribution in [0.1, 0.15) is 56.4 Å². The quantitative estimate of drug-likeness (QED) is 0.336. The summed E-state index contributed by atoms with van der Waals surface area (Å²) in [5.41, 5.74) is -0.0695. The third-order valence-electron chi connectivity index (χ3n) is 7.13. The van der Waals surface area contributed by atoms with Crippen molar-refractivity contribution in [3.63, 3.8) is 0 Å². The lowest BCUT2D eigenvalue weighted by Crippen LogP contribution is -2.43. The van der Waals surface area contributed by atoms with Crippen LogP contribution in [0.15, 0.2) is 12.1 Å². The fraction of sp³-hybridized carbons (Fsp3) is 0.538. The molecule has 38 heavy (non-hydrogen) atoms. The molecule has 206 valence electrons. The molecule has 1 saturated heterocycles. The Labute approximate surface area is 224 Å². The molecule has 0 bridgehead atoms. The Morgan fingerprint density at radius 1 is 1.26 bits per heavy atom. The van der Waals surface area contributed by atoms with Gasteiger partial charge in [0, 0.05) is 29.3 Å². The Morgan fingerprint density at radius 3 is 2.63 bits per heavy atom. The minimum atomic E-state index is -0.917. The van der Waals surface area contributed by atoms with Gasteiger partial charge in [0.2, 0.25) is 11.8 Å². The fourth-order valence-electron chi connectivity index (χ4n) is 5.13. The van der Waals surface area contributed by atoms with Crippen molar-refractivity contribution in [2.45, 2.75) is 63.6 Å². The Kier molecular flexibility index (Phi) is 7.87. The second-order valence-corrected chi connectivity index (χ2v) is 11.0. The van der Waals surface area contributed by atoms with Crippen LogP contribution in [0.25, 0.3) is 10.9 Å². The number of amides is 3. The number of ether oxygens (including phenoxy) is 2. The molecular formula is C26H32ClFN4O6. The van der Waals surface area contributed by atoms with E-state index in [9.17, 15) is 23.6 Å². The Morgan fingerprint density at radius 2 is 2.00 bits per heavy atom. The summed E-state index contributed by atoms with van der Waals surface area (Å²) < 4.78 is 24.4. The molecule has 1 saturated carbocycles. The van der Waals surface area contributed by atoms with Crippen LogP contribution < -0.4 is 20.7 Å². The number of benzene rings is 1. The maximum Gasteiger partial charge on any atom is 0.328 e. The van der Waals surface area contributed by atoms with Gasteiger partial charge in [-0.2, -0.15) is 0 Å². The van der Waals surface area contributed by atoms with Gasteiger partial charge in [0.25, 0.3) is 5.91 Å². The number of aromatic amines is 1. The van der Waals surface area contributed by atoms with E-state index in [1.54, 1.807) is 0 Å². The minimum Gasteiger partial charge on any atom is -0.494 e. The van der Waals surface area contributed by atoms with Crippen molar-refractivity contribution in [3.8, 4) is 5.75 Å². The molecule has 4 unspecified atom stereocenters. The molecule has 2 aliphatic rings. The first-order valence-corrected chi connectivity index (χ1v) is 12.8. The number of methoxy groups -OCH3 is 2. The SMILES string of the molecule is COC(=O)C(CC1CC(C)(C)NC1=O)NC(=O)CCC1CC1NC(=O)c1cc2c(OC)c(Cl)cc(F)c2[nH]1. The second-order valence-electron chi connectivity index (χ2n) is 10.6. The molecule has 2 heterocycles. The lowest BCUT2D eigenvalue weighted by molar-refractivity contribution is -0.145. The highest BCUT2D eigenvalue weighted by molar-refractivity contribution is 6.33. The molecule has 3 amide bonds. The molecule has 10 nitrogen and oxygen atoms in total. The van der Waals surface area contributed by atoms with E-state index in [-0.39, 0.29) is 64.1 Å². The van der Waals surface area contributed by atoms with Gasteiger partial charge in [-0.1, -0.05) is 11.6 Å². The molecule has 1 aliphatic carbocycles. The summed E-state index contributed by atoms with van der Waals surface area (Å²) >= 11 is 6.03. The van der Waals surface area contributed by atoms with Gasteiger partial charge in [0.15, 0.2) is 0 Å². The summed E-state index contributed by atoms with van der Waals surface area (Å²) in [6.07, 6.45) is 2.07. The van der Waals surface area contributed by atoms with Gasteiger partial charge in [-0.05, 0) is 57.6 Å². The van der Waals surface area contributed by atoms with E-state index in [0.717, 1.165) is 6.07 Å². The largest absolute Gasteiger partial charge is 0.494 e. The van der Waals surface area contributed by atoms with Crippen molar-refractivity contribution >= 4 is 46.2 Å². The van der Waals surface area contributed by atoms with Crippen molar-refractivity contribution < 1.29 is 33.0 Å². The maximum absolute atomic E-state index is 14.3. The number of fused-ring (bicyclic) bond motifs is 1. The third-order valence-corrected chi connectivity index (χ3v) is 7.41. The van der Waals surface area contributed by atoms with Crippen LogP contribution in [0.5, 0.6) is 5.75 Å². The monoisotopic (exact) mass is 550 g/mol. The molecule has 1 aromatic carbocycles. The van der Waals surface area contributed by atoms with Crippen molar-refractivity contribution in [3.05, 3.63) is 28.7 Å². The standard InChI is InChI=1S/C26H32ClFN4O6/c1-26(2)11-13(23(34)32-26)8-19(25(36)38-4)29-20(33)6-5-12-7-17(12)31-24(35)18-9-14-21(30-18)16(28)10-15(27)22(14)37-3/h9-10,12-13,17,19,30H,5-8,11H2,1-4H3,(H,29,33)(H,31,35)(H,32,34). The number of carbonyl (C=O) groups is 4. The van der Waals surface area contributed by atoms with E-state index < -0.39 is 29.7 Å². The highest BCUT2D eigenvalue weighted by Crippen LogP contribution is 2.37. The zero-order valence-electron chi connectivity index (χ0n) is 21.7. The summed E-state index contributed by atoms with van der Waals surface area (Å²) in [6.45, 7) is 3.81. The first-order chi connectivity index (χ1) is 17.9. The van der Waals surface area contributed by atoms with Crippen LogP contribution in [0.3, 0.4) is 0 Å². The van der Waals surface area contributed by atoms with Crippen LogP contribution in [0, 0.1) is 17.7 Å². The molecule has 4 N–H and O–H groups in total. The van der Waals surface area contributed by atoms with Crippen LogP contribution in [-0.4, -0.2) is 60.5 Å². The number of hydrogen-bond donors (Lipinski definition) is 4. The predicted octanol–water partition coefficient (Wildman–Crippen LogP) is 2.83. The topological polar surface area (TPSA) is 139 Å². The van der Waals surface area contributed by atoms with E-state index in [4.69, 9.17) is 21.1 Å². The fourth-order valence-corrected chi connectivity index (χ4v) is 5.40. The number of H-pyrrole nitrogens is 1. The van der Waals surface area contributed by atoms with Gasteiger partial charge >= 0.3 is 5.97 Å². The zero-order chi connectivity index (χ0) is 27.8. The van der Waals surface area contributed by atoms with E-state index >= 15 is 0 Å². The van der Waals surface area contributed by atoms with Gasteiger partial charge in [-0.25, -0.2) is 9.18 Å². The van der Waals surface area contributed by atoms with Crippen molar-refractivity contribution in [2.75, 3.05) is 14.2 Å². The average Bonchev–Trinajstić information content (AvgIpc) is 3.31. The first-order valence-electron chi connectivity index (χ1n) is 12.5. The molecule has 4 rings (SSSR count). The average molecular weight is 551 g/mol. The van der Waals surface area contributed by atoms with Gasteiger partial charge in [-0.15, -0.1) is 0 Å². The minimum absolute atomic E-state index is 0.0905. The summed E-state index contributed by atoms with van der Waals surface area (Å²) in [5, 5.41) is 8.95. The van der Waals surface area contributed by atoms with E-state index in [2.05, 4.69) is 20.9 Å². The second kappa shape index (κ2) is 10.8. The predicted molar refractivity (Wildman–Crippen MR) is 137 cm³/mol. The number of nitrogens with one attached hydrogen (secondary N) is 4. The number of aromatic nitrogens is 1. The maximum atomic E-state index is 14.3. The van der Waals surface area contributed by atoms with Crippen LogP contribution in [0.4, 0.5) is 4.39 Å². The van der Waals surface area contributed by atoms with Crippen molar-refractivity contribution in [2.24, 2.45) is 11.8 Å². The Balaban J connectivity index is 1.28. The first kappa shape index (κ1) is 27.7. The van der Waals surface area contributed by atoms with Gasteiger partial charge < -0.3 is 30.4 Å². The summed E-state index contributed by atoms with van der Waals surface area (Å²) in [6, 6.07) is 1.57. The third kappa shape index (κ3) is 6.03. The number of rotatable bonds is 10. The highest BCUT2D eigenvalue weighted by atomic mass is 35.5. The molecule has 2 aromatic rings. The molecule has 0 radical (unpaired) electrons. The zero-order valence-corrected chi connectivity index (χ0v) is 22.5. The van der Waals surface area contributed by atoms with E-state index in [0.29, 0.717) is 24.6 Å². The van der Waals surface area contributed by atoms with Crippen molar-refractivity contribution in [1.29, 1.82) is 0 Å². The van der Waals surface area contributed by atoms with E-state index in [1.165, 1.54) is 20.3 Å². The van der Waals surface area contributed by atoms with Gasteiger partial charge in [-0.3, -0.25) is 14.4 Å². The molecule has 12 heteroatoms. The molecule has 4 atom stereocenters. The lowest BCUT2D eigenvalue weighted by atomic mass is 9.91. The Hall–Kier alpha value is -3.34. The number of carbonyl (C=O) groups excluding carboxylic acids is 4. The molecular weight excluding hydrogens is 519 g/mol. The molecule has 2 fully saturated rings. The summed E-state index contributed by atoms with van der Waals surface area (Å²) in [5.74, 6) is -2.10. The van der Waals surface area contributed by atoms with Crippen LogP contribution in [-0.2, 0) is 19.1 Å². The van der Waals surface area contributed by atoms with E-state index in [1.807, 2.05) is 13.8 Å². The molecule has 1 aromatic heterocycles. The van der Waals surface area contributed by atoms with Gasteiger partial charge in [0.05, 0.1) is 24.8 Å². The van der Waals surface area contributed by atoms with Crippen LogP contribution >= 0.6 is 11.6 Å². The summed E-state index contributed by atoms with van der Waals surface area (Å²) in [4.78, 5) is 52.6. The lowest BCUT2D eigenvalue weighted by Gasteiger charge is -2.20. The number of hydrogen-bond acceptors (Lipinski definition) is 6. The number of halogens is 2.